The molecule has 2 aromatic heterocycles. The largest absolute Gasteiger partial charge is 0.461 e. The van der Waals surface area contributed by atoms with Gasteiger partial charge in [0.1, 0.15) is 23.8 Å². The van der Waals surface area contributed by atoms with Crippen LogP contribution >= 0.6 is 11.3 Å². The van der Waals surface area contributed by atoms with E-state index in [9.17, 15) is 17.6 Å². The zero-order valence-corrected chi connectivity index (χ0v) is 25.2. The Morgan fingerprint density at radius 2 is 1.84 bits per heavy atom. The summed E-state index contributed by atoms with van der Waals surface area (Å²) in [5.41, 5.74) is 3.08. The van der Waals surface area contributed by atoms with Gasteiger partial charge in [0, 0.05) is 35.6 Å². The molecule has 3 N–H and O–H groups in total. The summed E-state index contributed by atoms with van der Waals surface area (Å²) in [6, 6.07) is 2.98. The highest BCUT2D eigenvalue weighted by molar-refractivity contribution is 7.22. The number of anilines is 2. The minimum atomic E-state index is -4.95. The van der Waals surface area contributed by atoms with Gasteiger partial charge in [-0.2, -0.15) is 23.1 Å². The first-order chi connectivity index (χ1) is 21.6. The molecule has 0 radical (unpaired) electrons. The highest BCUT2D eigenvalue weighted by atomic mass is 32.1. The first kappa shape index (κ1) is 29.1. The highest BCUT2D eigenvalue weighted by Crippen LogP contribution is 2.47. The second-order valence-electron chi connectivity index (χ2n) is 12.7. The number of halogens is 5. The molecule has 4 aliphatic rings. The molecule has 0 bridgehead atoms. The maximum atomic E-state index is 16.9. The van der Waals surface area contributed by atoms with Crippen LogP contribution in [0.2, 0.25) is 0 Å². The number of benzene rings is 2. The van der Waals surface area contributed by atoms with Crippen LogP contribution in [0.25, 0.3) is 32.2 Å². The molecule has 0 amide bonds. The second kappa shape index (κ2) is 10.6. The van der Waals surface area contributed by atoms with Crippen LogP contribution in [0, 0.1) is 17.6 Å². The molecule has 2 atom stereocenters. The molecule has 4 saturated heterocycles. The fourth-order valence-electron chi connectivity index (χ4n) is 8.15. The Morgan fingerprint density at radius 1 is 1.04 bits per heavy atom. The van der Waals surface area contributed by atoms with Gasteiger partial charge in [-0.15, -0.1) is 0 Å². The van der Waals surface area contributed by atoms with E-state index in [1.165, 1.54) is 0 Å². The van der Waals surface area contributed by atoms with E-state index in [-0.39, 0.29) is 55.2 Å². The van der Waals surface area contributed by atoms with Gasteiger partial charge in [0.2, 0.25) is 0 Å². The number of hydrogen-bond donors (Lipinski definition) is 2. The van der Waals surface area contributed by atoms with E-state index in [0.717, 1.165) is 87.7 Å². The predicted molar refractivity (Wildman–Crippen MR) is 162 cm³/mol. The topological polar surface area (TPSA) is 92.4 Å². The van der Waals surface area contributed by atoms with Gasteiger partial charge < -0.3 is 20.7 Å². The third-order valence-electron chi connectivity index (χ3n) is 10.3. The summed E-state index contributed by atoms with van der Waals surface area (Å²) in [5.74, 6) is -1.31. The molecule has 4 fully saturated rings. The molecular formula is C31H32F5N7OS. The molecule has 2 aromatic carbocycles. The van der Waals surface area contributed by atoms with Crippen molar-refractivity contribution >= 4 is 43.4 Å². The summed E-state index contributed by atoms with van der Waals surface area (Å²) in [6.07, 6.45) is 0.907. The zero-order valence-electron chi connectivity index (χ0n) is 24.4. The SMILES string of the molecule is Nc1nc2c(-c3c(C(F)(F)F)cc4c(N5CC[C@H]6CCNC[C@H]65)nc(OCC56CCCN5CCC6)nc4c3F)ccc(F)c2s1. The van der Waals surface area contributed by atoms with Gasteiger partial charge in [-0.3, -0.25) is 4.90 Å². The Hall–Kier alpha value is -3.36. The smallest absolute Gasteiger partial charge is 0.417 e. The van der Waals surface area contributed by atoms with Crippen LogP contribution in [-0.2, 0) is 6.18 Å². The van der Waals surface area contributed by atoms with Crippen molar-refractivity contribution in [1.29, 1.82) is 0 Å². The summed E-state index contributed by atoms with van der Waals surface area (Å²) < 4.78 is 82.2. The van der Waals surface area contributed by atoms with Gasteiger partial charge >= 0.3 is 12.2 Å². The number of alkyl halides is 3. The van der Waals surface area contributed by atoms with Gasteiger partial charge in [-0.05, 0) is 82.3 Å². The van der Waals surface area contributed by atoms with Crippen molar-refractivity contribution in [1.82, 2.24) is 25.2 Å². The Bertz CT molecular complexity index is 1800. The molecule has 0 spiro atoms. The summed E-state index contributed by atoms with van der Waals surface area (Å²) in [5, 5.41) is 3.30. The average Bonchev–Trinajstić information content (AvgIpc) is 3.79. The monoisotopic (exact) mass is 645 g/mol. The summed E-state index contributed by atoms with van der Waals surface area (Å²) >= 11 is 0.794. The molecule has 238 valence electrons. The summed E-state index contributed by atoms with van der Waals surface area (Å²) in [6.45, 7) is 4.38. The first-order valence-electron chi connectivity index (χ1n) is 15.4. The van der Waals surface area contributed by atoms with Gasteiger partial charge in [-0.1, -0.05) is 11.3 Å². The standard InChI is InChI=1S/C31H32F5N7OS/c32-20-4-3-17(25-26(20)45-28(37)39-25)22-19(31(34,35)36)13-18-24(23(22)33)40-29(44-15-30-7-1-10-42(30)11-2-8-30)41-27(18)43-12-6-16-5-9-38-14-21(16)43/h3-4,13,16,21,38H,1-2,5-12,14-15H2,(H2,37,39)/t16-,21-/m1/s1. The van der Waals surface area contributed by atoms with Gasteiger partial charge in [0.25, 0.3) is 0 Å². The number of nitrogen functional groups attached to an aromatic ring is 1. The number of nitrogens with zero attached hydrogens (tertiary/aromatic N) is 5. The third kappa shape index (κ3) is 4.70. The zero-order chi connectivity index (χ0) is 31.1. The second-order valence-corrected chi connectivity index (χ2v) is 13.7. The number of hydrogen-bond acceptors (Lipinski definition) is 9. The number of rotatable bonds is 5. The number of aromatic nitrogens is 3. The van der Waals surface area contributed by atoms with E-state index < -0.39 is 28.9 Å². The normalized spacial score (nSPS) is 23.3. The third-order valence-corrected chi connectivity index (χ3v) is 11.2. The van der Waals surface area contributed by atoms with Crippen LogP contribution in [-0.4, -0.2) is 70.8 Å². The molecule has 14 heteroatoms. The lowest BCUT2D eigenvalue weighted by Crippen LogP contribution is -2.46. The average molecular weight is 646 g/mol. The lowest BCUT2D eigenvalue weighted by atomic mass is 9.93. The minimum absolute atomic E-state index is 0.00442. The predicted octanol–water partition coefficient (Wildman–Crippen LogP) is 5.98. The molecule has 0 saturated carbocycles. The molecule has 4 aliphatic heterocycles. The molecule has 4 aromatic rings. The minimum Gasteiger partial charge on any atom is -0.461 e. The molecule has 6 heterocycles. The van der Waals surface area contributed by atoms with E-state index in [1.54, 1.807) is 0 Å². The lowest BCUT2D eigenvalue weighted by molar-refractivity contribution is -0.137. The van der Waals surface area contributed by atoms with Crippen LogP contribution in [0.5, 0.6) is 6.01 Å². The van der Waals surface area contributed by atoms with Crippen molar-refractivity contribution < 1.29 is 26.7 Å². The molecule has 0 unspecified atom stereocenters. The van der Waals surface area contributed by atoms with Crippen LogP contribution in [0.4, 0.5) is 32.9 Å². The number of fused-ring (bicyclic) bond motifs is 4. The van der Waals surface area contributed by atoms with E-state index in [0.29, 0.717) is 25.6 Å². The van der Waals surface area contributed by atoms with E-state index >= 15 is 4.39 Å². The van der Waals surface area contributed by atoms with Crippen LogP contribution < -0.4 is 20.7 Å². The van der Waals surface area contributed by atoms with Crippen LogP contribution in [0.3, 0.4) is 0 Å². The van der Waals surface area contributed by atoms with Gasteiger partial charge in [0.15, 0.2) is 10.9 Å². The quantitative estimate of drug-likeness (QED) is 0.256. The fraction of sp³-hybridized carbons (Fsp3) is 0.516. The number of nitrogens with one attached hydrogen (secondary N) is 1. The van der Waals surface area contributed by atoms with Crippen LogP contribution in [0.15, 0.2) is 18.2 Å². The Morgan fingerprint density at radius 3 is 2.62 bits per heavy atom. The first-order valence-corrected chi connectivity index (χ1v) is 16.3. The molecular weight excluding hydrogens is 613 g/mol. The lowest BCUT2D eigenvalue weighted by Gasteiger charge is -2.34. The van der Waals surface area contributed by atoms with Crippen molar-refractivity contribution in [2.75, 3.05) is 50.0 Å². The van der Waals surface area contributed by atoms with Gasteiger partial charge in [-0.25, -0.2) is 13.8 Å². The Balaban J connectivity index is 1.33. The molecule has 8 rings (SSSR count). The number of piperidine rings is 1. The molecule has 8 nitrogen and oxygen atoms in total. The Labute approximate surface area is 259 Å². The number of nitrogens with two attached hydrogens (primary N) is 1. The molecule has 45 heavy (non-hydrogen) atoms. The van der Waals surface area contributed by atoms with E-state index in [2.05, 4.69) is 20.2 Å². The van der Waals surface area contributed by atoms with Gasteiger partial charge in [0.05, 0.1) is 21.3 Å². The van der Waals surface area contributed by atoms with Crippen molar-refractivity contribution in [3.05, 3.63) is 35.4 Å². The summed E-state index contributed by atoms with van der Waals surface area (Å²) in [4.78, 5) is 17.6. The van der Waals surface area contributed by atoms with Crippen molar-refractivity contribution in [3.63, 3.8) is 0 Å². The van der Waals surface area contributed by atoms with Crippen molar-refractivity contribution in [3.8, 4) is 17.1 Å². The number of thiazole rings is 1. The van der Waals surface area contributed by atoms with Crippen molar-refractivity contribution in [2.45, 2.75) is 56.3 Å². The maximum Gasteiger partial charge on any atom is 0.417 e. The van der Waals surface area contributed by atoms with Crippen molar-refractivity contribution in [2.24, 2.45) is 5.92 Å². The maximum absolute atomic E-state index is 16.9. The van der Waals surface area contributed by atoms with E-state index in [4.69, 9.17) is 15.5 Å². The Kier molecular flexibility index (Phi) is 6.84. The molecule has 0 aliphatic carbocycles. The van der Waals surface area contributed by atoms with Crippen LogP contribution in [0.1, 0.15) is 44.1 Å². The fourth-order valence-corrected chi connectivity index (χ4v) is 8.91. The highest BCUT2D eigenvalue weighted by Gasteiger charge is 2.45. The number of ether oxygens (including phenoxy) is 1. The summed E-state index contributed by atoms with van der Waals surface area (Å²) in [7, 11) is 0. The van der Waals surface area contributed by atoms with E-state index in [1.807, 2.05) is 4.90 Å².